The molecule has 13 heavy (non-hydrogen) atoms. The Morgan fingerprint density at radius 3 is 2.62 bits per heavy atom. The molecule has 0 aromatic carbocycles. The van der Waals surface area contributed by atoms with Gasteiger partial charge < -0.3 is 4.74 Å². The number of halogens is 1. The second-order valence-electron chi connectivity index (χ2n) is 3.30. The molecule has 2 fully saturated rings. The number of amides is 1. The number of ether oxygens (including phenoxy) is 1. The lowest BCUT2D eigenvalue weighted by Gasteiger charge is -2.45. The predicted octanol–water partition coefficient (Wildman–Crippen LogP) is -0.139. The van der Waals surface area contributed by atoms with Gasteiger partial charge in [0.1, 0.15) is 0 Å². The SMILES string of the molecule is O=C1CC2(CCOC2)N1S(=O)(=O)Cl. The maximum atomic E-state index is 11.0. The Bertz CT molecular complexity index is 346. The van der Waals surface area contributed by atoms with Crippen molar-refractivity contribution in [1.29, 1.82) is 0 Å². The van der Waals surface area contributed by atoms with E-state index in [0.717, 1.165) is 4.31 Å². The summed E-state index contributed by atoms with van der Waals surface area (Å²) in [6, 6.07) is 0. The van der Waals surface area contributed by atoms with Crippen LogP contribution >= 0.6 is 10.7 Å². The van der Waals surface area contributed by atoms with E-state index in [2.05, 4.69) is 0 Å². The summed E-state index contributed by atoms with van der Waals surface area (Å²) in [5.41, 5.74) is -0.669. The van der Waals surface area contributed by atoms with Crippen LogP contribution in [0.3, 0.4) is 0 Å². The zero-order valence-corrected chi connectivity index (χ0v) is 8.27. The van der Waals surface area contributed by atoms with Crippen LogP contribution in [0.4, 0.5) is 0 Å². The fourth-order valence-electron chi connectivity index (χ4n) is 1.85. The van der Waals surface area contributed by atoms with Gasteiger partial charge in [0.2, 0.25) is 5.91 Å². The van der Waals surface area contributed by atoms with Gasteiger partial charge in [-0.15, -0.1) is 0 Å². The molecular weight excluding hydrogens is 218 g/mol. The highest BCUT2D eigenvalue weighted by molar-refractivity contribution is 8.12. The lowest BCUT2D eigenvalue weighted by atomic mass is 9.86. The molecule has 2 rings (SSSR count). The van der Waals surface area contributed by atoms with Crippen molar-refractivity contribution < 1.29 is 17.9 Å². The average Bonchev–Trinajstić information content (AvgIpc) is 2.32. The smallest absolute Gasteiger partial charge is 0.324 e. The van der Waals surface area contributed by atoms with Crippen LogP contribution in [0, 0.1) is 0 Å². The minimum Gasteiger partial charge on any atom is -0.379 e. The Labute approximate surface area is 80.2 Å². The summed E-state index contributed by atoms with van der Waals surface area (Å²) in [5.74, 6) is -0.444. The maximum Gasteiger partial charge on any atom is 0.324 e. The summed E-state index contributed by atoms with van der Waals surface area (Å²) in [6.45, 7) is 0.751. The molecule has 0 radical (unpaired) electrons. The fraction of sp³-hybridized carbons (Fsp3) is 0.833. The molecule has 0 saturated carbocycles. The van der Waals surface area contributed by atoms with Gasteiger partial charge in [0.15, 0.2) is 0 Å². The summed E-state index contributed by atoms with van der Waals surface area (Å²) in [4.78, 5) is 11.0. The normalized spacial score (nSPS) is 33.9. The molecule has 0 N–H and O–H groups in total. The van der Waals surface area contributed by atoms with Crippen molar-refractivity contribution in [3.8, 4) is 0 Å². The number of rotatable bonds is 1. The van der Waals surface area contributed by atoms with Gasteiger partial charge in [-0.25, -0.2) is 4.31 Å². The van der Waals surface area contributed by atoms with Crippen LogP contribution in [-0.2, 0) is 18.8 Å². The van der Waals surface area contributed by atoms with Crippen molar-refractivity contribution in [2.24, 2.45) is 0 Å². The second kappa shape index (κ2) is 2.59. The van der Waals surface area contributed by atoms with Crippen LogP contribution in [0.15, 0.2) is 0 Å². The van der Waals surface area contributed by atoms with Gasteiger partial charge in [-0.1, -0.05) is 0 Å². The van der Waals surface area contributed by atoms with Crippen molar-refractivity contribution >= 4 is 25.8 Å². The Kier molecular flexibility index (Phi) is 1.84. The van der Waals surface area contributed by atoms with Crippen LogP contribution in [0.1, 0.15) is 12.8 Å². The van der Waals surface area contributed by atoms with Gasteiger partial charge in [0.25, 0.3) is 0 Å². The van der Waals surface area contributed by atoms with E-state index in [-0.39, 0.29) is 13.0 Å². The summed E-state index contributed by atoms with van der Waals surface area (Å²) in [6.07, 6.45) is 0.768. The first-order chi connectivity index (χ1) is 5.96. The first kappa shape index (κ1) is 9.23. The summed E-state index contributed by atoms with van der Waals surface area (Å²) < 4.78 is 27.8. The first-order valence-corrected chi connectivity index (χ1v) is 6.08. The standard InChI is InChI=1S/C6H8ClNO4S/c7-13(10,11)8-5(9)3-6(8)1-2-12-4-6/h1-4H2. The highest BCUT2D eigenvalue weighted by atomic mass is 35.7. The number of hydrogen-bond acceptors (Lipinski definition) is 4. The third-order valence-electron chi connectivity index (χ3n) is 2.44. The quantitative estimate of drug-likeness (QED) is 0.460. The van der Waals surface area contributed by atoms with E-state index in [1.165, 1.54) is 0 Å². The topological polar surface area (TPSA) is 63.7 Å². The molecule has 1 amide bonds. The zero-order chi connectivity index (χ0) is 9.69. The van der Waals surface area contributed by atoms with Gasteiger partial charge in [0.05, 0.1) is 18.6 Å². The van der Waals surface area contributed by atoms with E-state index in [9.17, 15) is 13.2 Å². The molecule has 2 saturated heterocycles. The third kappa shape index (κ3) is 1.24. The van der Waals surface area contributed by atoms with Crippen LogP contribution in [0.2, 0.25) is 0 Å². The highest BCUT2D eigenvalue weighted by Crippen LogP contribution is 2.41. The monoisotopic (exact) mass is 225 g/mol. The van der Waals surface area contributed by atoms with Crippen LogP contribution in [0.25, 0.3) is 0 Å². The van der Waals surface area contributed by atoms with E-state index in [0.29, 0.717) is 13.0 Å². The molecule has 0 aromatic rings. The van der Waals surface area contributed by atoms with Gasteiger partial charge >= 0.3 is 9.24 Å². The largest absolute Gasteiger partial charge is 0.379 e. The molecule has 1 unspecified atom stereocenters. The first-order valence-electron chi connectivity index (χ1n) is 3.81. The molecule has 0 aromatic heterocycles. The molecule has 0 aliphatic carbocycles. The van der Waals surface area contributed by atoms with Crippen molar-refractivity contribution in [3.05, 3.63) is 0 Å². The number of carbonyl (C=O) groups excluding carboxylic acids is 1. The van der Waals surface area contributed by atoms with Crippen LogP contribution in [0.5, 0.6) is 0 Å². The average molecular weight is 226 g/mol. The number of hydrogen-bond donors (Lipinski definition) is 0. The minimum absolute atomic E-state index is 0.221. The van der Waals surface area contributed by atoms with E-state index in [1.807, 2.05) is 0 Å². The maximum absolute atomic E-state index is 11.0. The molecule has 5 nitrogen and oxygen atoms in total. The Morgan fingerprint density at radius 2 is 2.23 bits per heavy atom. The van der Waals surface area contributed by atoms with Crippen molar-refractivity contribution in [2.75, 3.05) is 13.2 Å². The van der Waals surface area contributed by atoms with E-state index >= 15 is 0 Å². The predicted molar refractivity (Wildman–Crippen MR) is 44.4 cm³/mol. The second-order valence-corrected chi connectivity index (χ2v) is 5.66. The molecule has 1 spiro atoms. The molecule has 2 aliphatic rings. The number of nitrogens with zero attached hydrogens (tertiary/aromatic N) is 1. The van der Waals surface area contributed by atoms with Gasteiger partial charge in [-0.2, -0.15) is 8.42 Å². The molecule has 1 atom stereocenters. The molecule has 2 aliphatic heterocycles. The van der Waals surface area contributed by atoms with Crippen molar-refractivity contribution in [1.82, 2.24) is 4.31 Å². The van der Waals surface area contributed by atoms with Crippen molar-refractivity contribution in [3.63, 3.8) is 0 Å². The Hall–Kier alpha value is -0.330. The minimum atomic E-state index is -3.93. The molecule has 7 heteroatoms. The lowest BCUT2D eigenvalue weighted by Crippen LogP contribution is -2.64. The van der Waals surface area contributed by atoms with Gasteiger partial charge in [-0.05, 0) is 6.42 Å². The van der Waals surface area contributed by atoms with E-state index in [4.69, 9.17) is 15.4 Å². The Balaban J connectivity index is 2.31. The van der Waals surface area contributed by atoms with Crippen molar-refractivity contribution in [2.45, 2.75) is 18.4 Å². The van der Waals surface area contributed by atoms with Crippen LogP contribution in [-0.4, -0.2) is 37.4 Å². The van der Waals surface area contributed by atoms with Crippen LogP contribution < -0.4 is 0 Å². The summed E-state index contributed by atoms with van der Waals surface area (Å²) >= 11 is 0. The molecule has 74 valence electrons. The lowest BCUT2D eigenvalue weighted by molar-refractivity contribution is -0.145. The van der Waals surface area contributed by atoms with Gasteiger partial charge in [0, 0.05) is 17.3 Å². The molecular formula is C6H8ClNO4S. The van der Waals surface area contributed by atoms with Gasteiger partial charge in [-0.3, -0.25) is 4.79 Å². The number of carbonyl (C=O) groups is 1. The Morgan fingerprint density at radius 1 is 1.54 bits per heavy atom. The molecule has 2 heterocycles. The number of β-lactam (4-membered cyclic amide) rings is 1. The van der Waals surface area contributed by atoms with E-state index < -0.39 is 20.7 Å². The van der Waals surface area contributed by atoms with E-state index in [1.54, 1.807) is 0 Å². The molecule has 0 bridgehead atoms. The summed E-state index contributed by atoms with van der Waals surface area (Å²) in [7, 11) is 1.19. The fourth-order valence-corrected chi connectivity index (χ4v) is 3.50. The zero-order valence-electron chi connectivity index (χ0n) is 6.69. The summed E-state index contributed by atoms with van der Waals surface area (Å²) in [5, 5.41) is 0. The highest BCUT2D eigenvalue weighted by Gasteiger charge is 2.58. The third-order valence-corrected chi connectivity index (χ3v) is 3.88.